The van der Waals surface area contributed by atoms with Crippen molar-refractivity contribution >= 4 is 0 Å². The average Bonchev–Trinajstić information content (AvgIpc) is 2.46. The Morgan fingerprint density at radius 1 is 1.10 bits per heavy atom. The average molecular weight is 270 g/mol. The maximum absolute atomic E-state index is 5.68. The molecule has 0 saturated carbocycles. The van der Waals surface area contributed by atoms with Crippen LogP contribution < -0.4 is 10.1 Å². The quantitative estimate of drug-likeness (QED) is 0.871. The van der Waals surface area contributed by atoms with E-state index in [4.69, 9.17) is 4.74 Å². The topological polar surface area (TPSA) is 34.1 Å². The summed E-state index contributed by atoms with van der Waals surface area (Å²) in [6.07, 6.45) is 3.90. The molecule has 0 aliphatic carbocycles. The van der Waals surface area contributed by atoms with Crippen LogP contribution in [0.2, 0.25) is 0 Å². The number of rotatable bonds is 6. The molecule has 106 valence electrons. The van der Waals surface area contributed by atoms with E-state index in [0.717, 1.165) is 12.3 Å². The predicted molar refractivity (Wildman–Crippen MR) is 82.0 cm³/mol. The molecule has 0 spiro atoms. The number of hydrogen-bond donors (Lipinski definition) is 1. The van der Waals surface area contributed by atoms with E-state index in [1.807, 2.05) is 38.2 Å². The minimum Gasteiger partial charge on any atom is -0.491 e. The minimum atomic E-state index is 0.168. The van der Waals surface area contributed by atoms with Gasteiger partial charge in [-0.1, -0.05) is 25.1 Å². The number of nitrogens with one attached hydrogen (secondary N) is 1. The van der Waals surface area contributed by atoms with Crippen LogP contribution in [-0.4, -0.2) is 17.6 Å². The number of pyridine rings is 1. The van der Waals surface area contributed by atoms with Crippen LogP contribution in [-0.2, 0) is 0 Å². The summed E-state index contributed by atoms with van der Waals surface area (Å²) in [4.78, 5) is 4.21. The van der Waals surface area contributed by atoms with Crippen LogP contribution in [0.25, 0.3) is 0 Å². The van der Waals surface area contributed by atoms with Gasteiger partial charge in [0.05, 0.1) is 12.1 Å². The van der Waals surface area contributed by atoms with Crippen LogP contribution in [0.5, 0.6) is 5.75 Å². The van der Waals surface area contributed by atoms with Gasteiger partial charge in [0.25, 0.3) is 0 Å². The molecule has 1 atom stereocenters. The van der Waals surface area contributed by atoms with Gasteiger partial charge in [0.1, 0.15) is 5.75 Å². The third kappa shape index (κ3) is 3.81. The van der Waals surface area contributed by atoms with E-state index in [1.165, 1.54) is 11.1 Å². The largest absolute Gasteiger partial charge is 0.491 e. The van der Waals surface area contributed by atoms with Gasteiger partial charge in [-0.25, -0.2) is 0 Å². The summed E-state index contributed by atoms with van der Waals surface area (Å²) in [5.41, 5.74) is 2.39. The molecule has 3 heteroatoms. The van der Waals surface area contributed by atoms with E-state index in [0.29, 0.717) is 0 Å². The van der Waals surface area contributed by atoms with Crippen molar-refractivity contribution in [3.8, 4) is 5.75 Å². The fourth-order valence-electron chi connectivity index (χ4n) is 2.19. The smallest absolute Gasteiger partial charge is 0.119 e. The predicted octanol–water partition coefficient (Wildman–Crippen LogP) is 3.57. The van der Waals surface area contributed by atoms with E-state index in [9.17, 15) is 0 Å². The molecule has 0 aliphatic rings. The third-order valence-corrected chi connectivity index (χ3v) is 3.01. The molecule has 1 N–H and O–H groups in total. The van der Waals surface area contributed by atoms with Gasteiger partial charge in [0.2, 0.25) is 0 Å². The molecule has 2 rings (SSSR count). The summed E-state index contributed by atoms with van der Waals surface area (Å²) in [6, 6.07) is 12.5. The molecule has 1 heterocycles. The van der Waals surface area contributed by atoms with Crippen LogP contribution in [0, 0.1) is 0 Å². The Morgan fingerprint density at radius 2 is 1.85 bits per heavy atom. The van der Waals surface area contributed by atoms with Crippen molar-refractivity contribution in [1.29, 1.82) is 0 Å². The van der Waals surface area contributed by atoms with Crippen LogP contribution in [0.4, 0.5) is 0 Å². The molecule has 0 saturated heterocycles. The van der Waals surface area contributed by atoms with E-state index in [2.05, 4.69) is 35.4 Å². The molecular formula is C17H22N2O. The Morgan fingerprint density at radius 3 is 2.40 bits per heavy atom. The number of nitrogens with zero attached hydrogens (tertiary/aromatic N) is 1. The molecule has 3 nitrogen and oxygen atoms in total. The van der Waals surface area contributed by atoms with E-state index < -0.39 is 0 Å². The molecular weight excluding hydrogens is 248 g/mol. The molecule has 2 aromatic rings. The number of benzene rings is 1. The first-order valence-corrected chi connectivity index (χ1v) is 7.10. The highest BCUT2D eigenvalue weighted by atomic mass is 16.5. The fourth-order valence-corrected chi connectivity index (χ4v) is 2.19. The first kappa shape index (κ1) is 14.5. The molecule has 0 radical (unpaired) electrons. The van der Waals surface area contributed by atoms with Gasteiger partial charge in [0, 0.05) is 12.4 Å². The second kappa shape index (κ2) is 7.06. The number of hydrogen-bond acceptors (Lipinski definition) is 3. The number of ether oxygens (including phenoxy) is 1. The molecule has 0 amide bonds. The van der Waals surface area contributed by atoms with Crippen molar-refractivity contribution < 1.29 is 4.74 Å². The summed E-state index contributed by atoms with van der Waals surface area (Å²) in [5.74, 6) is 0.908. The van der Waals surface area contributed by atoms with Crippen LogP contribution in [0.3, 0.4) is 0 Å². The third-order valence-electron chi connectivity index (χ3n) is 3.01. The van der Waals surface area contributed by atoms with Crippen molar-refractivity contribution in [2.75, 3.05) is 6.54 Å². The molecule has 20 heavy (non-hydrogen) atoms. The summed E-state index contributed by atoms with van der Waals surface area (Å²) in [6.45, 7) is 7.08. The van der Waals surface area contributed by atoms with Gasteiger partial charge < -0.3 is 10.1 Å². The zero-order chi connectivity index (χ0) is 14.4. The first-order valence-electron chi connectivity index (χ1n) is 7.10. The van der Waals surface area contributed by atoms with E-state index in [1.54, 1.807) is 6.20 Å². The maximum atomic E-state index is 5.68. The van der Waals surface area contributed by atoms with Crippen molar-refractivity contribution in [3.63, 3.8) is 0 Å². The van der Waals surface area contributed by atoms with Crippen LogP contribution in [0.15, 0.2) is 48.8 Å². The zero-order valence-electron chi connectivity index (χ0n) is 12.3. The summed E-state index contributed by atoms with van der Waals surface area (Å²) in [5, 5.41) is 3.49. The van der Waals surface area contributed by atoms with Crippen LogP contribution >= 0.6 is 0 Å². The molecule has 0 fully saturated rings. The Kier molecular flexibility index (Phi) is 5.13. The zero-order valence-corrected chi connectivity index (χ0v) is 12.3. The monoisotopic (exact) mass is 270 g/mol. The van der Waals surface area contributed by atoms with Gasteiger partial charge in [0.15, 0.2) is 0 Å². The molecule has 0 bridgehead atoms. The first-order chi connectivity index (χ1) is 9.70. The highest BCUT2D eigenvalue weighted by Gasteiger charge is 2.13. The Balaban J connectivity index is 2.21. The summed E-state index contributed by atoms with van der Waals surface area (Å²) in [7, 11) is 0. The lowest BCUT2D eigenvalue weighted by Crippen LogP contribution is -2.22. The summed E-state index contributed by atoms with van der Waals surface area (Å²) >= 11 is 0. The minimum absolute atomic E-state index is 0.168. The van der Waals surface area contributed by atoms with Gasteiger partial charge >= 0.3 is 0 Å². The molecule has 1 aromatic heterocycles. The Labute approximate surface area is 121 Å². The van der Waals surface area contributed by atoms with Gasteiger partial charge in [-0.05, 0) is 49.7 Å². The van der Waals surface area contributed by atoms with Gasteiger partial charge in [-0.2, -0.15) is 0 Å². The fraction of sp³-hybridized carbons (Fsp3) is 0.353. The van der Waals surface area contributed by atoms with E-state index >= 15 is 0 Å². The Bertz CT molecular complexity index is 508. The van der Waals surface area contributed by atoms with Crippen molar-refractivity contribution in [3.05, 3.63) is 59.9 Å². The standard InChI is InChI=1S/C17H22N2O/c1-4-19-17(15-6-5-11-18-12-15)14-7-9-16(10-8-14)20-13(2)3/h5-13,17,19H,4H2,1-3H3. The van der Waals surface area contributed by atoms with E-state index in [-0.39, 0.29) is 12.1 Å². The lowest BCUT2D eigenvalue weighted by molar-refractivity contribution is 0.242. The lowest BCUT2D eigenvalue weighted by atomic mass is 10.00. The second-order valence-corrected chi connectivity index (χ2v) is 5.01. The highest BCUT2D eigenvalue weighted by molar-refractivity contribution is 5.34. The molecule has 1 aromatic carbocycles. The Hall–Kier alpha value is -1.87. The normalized spacial score (nSPS) is 12.4. The molecule has 1 unspecified atom stereocenters. The van der Waals surface area contributed by atoms with Crippen molar-refractivity contribution in [2.24, 2.45) is 0 Å². The maximum Gasteiger partial charge on any atom is 0.119 e. The van der Waals surface area contributed by atoms with Gasteiger partial charge in [-0.15, -0.1) is 0 Å². The van der Waals surface area contributed by atoms with Gasteiger partial charge in [-0.3, -0.25) is 4.98 Å². The van der Waals surface area contributed by atoms with Crippen molar-refractivity contribution in [1.82, 2.24) is 10.3 Å². The lowest BCUT2D eigenvalue weighted by Gasteiger charge is -2.19. The van der Waals surface area contributed by atoms with Crippen molar-refractivity contribution in [2.45, 2.75) is 32.9 Å². The second-order valence-electron chi connectivity index (χ2n) is 5.01. The van der Waals surface area contributed by atoms with Crippen LogP contribution in [0.1, 0.15) is 37.9 Å². The number of aromatic nitrogens is 1. The highest BCUT2D eigenvalue weighted by Crippen LogP contribution is 2.23. The summed E-state index contributed by atoms with van der Waals surface area (Å²) < 4.78 is 5.68. The molecule has 0 aliphatic heterocycles. The SMILES string of the molecule is CCNC(c1ccc(OC(C)C)cc1)c1cccnc1.